The van der Waals surface area contributed by atoms with Gasteiger partial charge >= 0.3 is 5.69 Å². The quantitative estimate of drug-likeness (QED) is 0.370. The lowest BCUT2D eigenvalue weighted by atomic mass is 10.2. The zero-order chi connectivity index (χ0) is 11.6. The summed E-state index contributed by atoms with van der Waals surface area (Å²) in [5.74, 6) is -0.268. The minimum atomic E-state index is -2.96. The van der Waals surface area contributed by atoms with E-state index in [0.29, 0.717) is 0 Å². The highest BCUT2D eigenvalue weighted by Gasteiger charge is 2.30. The molecular formula is C7H5F2IN2O3. The molecule has 0 amide bonds. The number of methoxy groups -OCH3 is 1. The first-order chi connectivity index (χ1) is 6.99. The first-order valence-electron chi connectivity index (χ1n) is 3.64. The smallest absolute Gasteiger partial charge is 0.324 e. The predicted octanol–water partition coefficient (Wildman–Crippen LogP) is 2.54. The molecule has 82 valence electrons. The zero-order valence-corrected chi connectivity index (χ0v) is 9.57. The van der Waals surface area contributed by atoms with E-state index < -0.39 is 22.6 Å². The van der Waals surface area contributed by atoms with Gasteiger partial charge in [-0.05, 0) is 22.6 Å². The summed E-state index contributed by atoms with van der Waals surface area (Å²) in [6.07, 6.45) is -1.91. The standard InChI is InChI=1S/C7H5F2IN2O3/c1-15-3-2-11-7(10)4(6(8)9)5(3)12(13)14/h2,6H,1H3. The van der Waals surface area contributed by atoms with Gasteiger partial charge in [0.25, 0.3) is 6.43 Å². The number of ether oxygens (including phenoxy) is 1. The van der Waals surface area contributed by atoms with Crippen LogP contribution in [0.15, 0.2) is 6.20 Å². The second kappa shape index (κ2) is 4.64. The maximum Gasteiger partial charge on any atom is 0.324 e. The number of rotatable bonds is 3. The van der Waals surface area contributed by atoms with Gasteiger partial charge in [-0.2, -0.15) is 0 Å². The lowest BCUT2D eigenvalue weighted by Gasteiger charge is -2.07. The van der Waals surface area contributed by atoms with Crippen LogP contribution >= 0.6 is 22.6 Å². The molecule has 0 fully saturated rings. The molecule has 0 unspecified atom stereocenters. The molecule has 0 spiro atoms. The molecule has 1 aromatic heterocycles. The molecule has 0 aromatic carbocycles. The van der Waals surface area contributed by atoms with Crippen LogP contribution in [0.1, 0.15) is 12.0 Å². The van der Waals surface area contributed by atoms with Crippen LogP contribution in [0.2, 0.25) is 0 Å². The van der Waals surface area contributed by atoms with Crippen molar-refractivity contribution in [3.05, 3.63) is 25.6 Å². The summed E-state index contributed by atoms with van der Waals surface area (Å²) in [4.78, 5) is 13.3. The molecule has 1 aromatic rings. The van der Waals surface area contributed by atoms with Crippen molar-refractivity contribution >= 4 is 28.3 Å². The van der Waals surface area contributed by atoms with Crippen LogP contribution in [0.4, 0.5) is 14.5 Å². The monoisotopic (exact) mass is 330 g/mol. The summed E-state index contributed by atoms with van der Waals surface area (Å²) in [6.45, 7) is 0. The third kappa shape index (κ3) is 2.30. The van der Waals surface area contributed by atoms with Crippen LogP contribution < -0.4 is 4.74 Å². The van der Waals surface area contributed by atoms with E-state index in [-0.39, 0.29) is 9.45 Å². The molecule has 1 rings (SSSR count). The Labute approximate surface area is 96.7 Å². The summed E-state index contributed by atoms with van der Waals surface area (Å²) in [5.41, 5.74) is -1.44. The van der Waals surface area contributed by atoms with Crippen molar-refractivity contribution < 1.29 is 18.4 Å². The zero-order valence-electron chi connectivity index (χ0n) is 7.41. The SMILES string of the molecule is COc1cnc(I)c(C(F)F)c1[N+](=O)[O-]. The van der Waals surface area contributed by atoms with E-state index in [1.165, 1.54) is 22.6 Å². The lowest BCUT2D eigenvalue weighted by Crippen LogP contribution is -2.03. The number of pyridine rings is 1. The molecule has 0 bridgehead atoms. The molecular weight excluding hydrogens is 325 g/mol. The minimum absolute atomic E-state index is 0.102. The van der Waals surface area contributed by atoms with Crippen molar-refractivity contribution in [1.82, 2.24) is 4.98 Å². The Hall–Kier alpha value is -1.06. The van der Waals surface area contributed by atoms with Gasteiger partial charge in [-0.3, -0.25) is 10.1 Å². The van der Waals surface area contributed by atoms with Crippen molar-refractivity contribution in [2.24, 2.45) is 0 Å². The summed E-state index contributed by atoms with van der Waals surface area (Å²) < 4.78 is 29.6. The molecule has 0 N–H and O–H groups in total. The Morgan fingerprint density at radius 2 is 2.27 bits per heavy atom. The van der Waals surface area contributed by atoms with Gasteiger partial charge in [-0.25, -0.2) is 13.8 Å². The average Bonchev–Trinajstić information content (AvgIpc) is 2.16. The third-order valence-corrected chi connectivity index (χ3v) is 2.49. The summed E-state index contributed by atoms with van der Waals surface area (Å²) in [6, 6.07) is 0. The largest absolute Gasteiger partial charge is 0.489 e. The summed E-state index contributed by atoms with van der Waals surface area (Å²) in [5, 5.41) is 10.6. The Kier molecular flexibility index (Phi) is 3.72. The second-order valence-corrected chi connectivity index (χ2v) is 3.46. The lowest BCUT2D eigenvalue weighted by molar-refractivity contribution is -0.387. The van der Waals surface area contributed by atoms with Gasteiger partial charge in [-0.1, -0.05) is 0 Å². The van der Waals surface area contributed by atoms with Crippen molar-refractivity contribution in [2.45, 2.75) is 6.43 Å². The predicted molar refractivity (Wildman–Crippen MR) is 55.1 cm³/mol. The molecule has 1 heterocycles. The maximum absolute atomic E-state index is 12.6. The van der Waals surface area contributed by atoms with Crippen LogP contribution in [0, 0.1) is 13.8 Å². The number of aromatic nitrogens is 1. The fourth-order valence-corrected chi connectivity index (χ4v) is 1.64. The number of hydrogen-bond donors (Lipinski definition) is 0. The molecule has 0 radical (unpaired) electrons. The van der Waals surface area contributed by atoms with E-state index in [1.54, 1.807) is 0 Å². The molecule has 0 saturated carbocycles. The number of alkyl halides is 2. The van der Waals surface area contributed by atoms with Crippen molar-refractivity contribution in [1.29, 1.82) is 0 Å². The van der Waals surface area contributed by atoms with Crippen molar-refractivity contribution in [3.63, 3.8) is 0 Å². The minimum Gasteiger partial charge on any atom is -0.489 e. The number of halogens is 3. The Morgan fingerprint density at radius 3 is 2.67 bits per heavy atom. The summed E-state index contributed by atoms with van der Waals surface area (Å²) >= 11 is 1.52. The fourth-order valence-electron chi connectivity index (χ4n) is 1.01. The topological polar surface area (TPSA) is 65.3 Å². The van der Waals surface area contributed by atoms with Crippen LogP contribution in [-0.4, -0.2) is 17.0 Å². The van der Waals surface area contributed by atoms with Gasteiger partial charge in [0.1, 0.15) is 9.26 Å². The fraction of sp³-hybridized carbons (Fsp3) is 0.286. The van der Waals surface area contributed by atoms with E-state index in [2.05, 4.69) is 9.72 Å². The number of nitrogens with zero attached hydrogens (tertiary/aromatic N) is 2. The van der Waals surface area contributed by atoms with Gasteiger partial charge in [0.2, 0.25) is 5.75 Å². The van der Waals surface area contributed by atoms with E-state index >= 15 is 0 Å². The van der Waals surface area contributed by atoms with Gasteiger partial charge < -0.3 is 4.74 Å². The molecule has 5 nitrogen and oxygen atoms in total. The molecule has 0 saturated heterocycles. The Bertz CT molecular complexity index is 400. The number of hydrogen-bond acceptors (Lipinski definition) is 4. The van der Waals surface area contributed by atoms with E-state index in [9.17, 15) is 18.9 Å². The highest BCUT2D eigenvalue weighted by atomic mass is 127. The Morgan fingerprint density at radius 1 is 1.67 bits per heavy atom. The molecule has 15 heavy (non-hydrogen) atoms. The van der Waals surface area contributed by atoms with Crippen LogP contribution in [-0.2, 0) is 0 Å². The first-order valence-corrected chi connectivity index (χ1v) is 4.71. The van der Waals surface area contributed by atoms with Gasteiger partial charge in [0.15, 0.2) is 0 Å². The molecule has 8 heteroatoms. The van der Waals surface area contributed by atoms with Crippen LogP contribution in [0.25, 0.3) is 0 Å². The molecule has 0 aliphatic carbocycles. The average molecular weight is 330 g/mol. The maximum atomic E-state index is 12.6. The second-order valence-electron chi connectivity index (χ2n) is 2.44. The number of nitro groups is 1. The first kappa shape index (κ1) is 12.0. The van der Waals surface area contributed by atoms with Crippen molar-refractivity contribution in [2.75, 3.05) is 7.11 Å². The molecule has 0 aliphatic rings. The third-order valence-electron chi connectivity index (χ3n) is 1.63. The van der Waals surface area contributed by atoms with Gasteiger partial charge in [-0.15, -0.1) is 0 Å². The van der Waals surface area contributed by atoms with Gasteiger partial charge in [0.05, 0.1) is 18.2 Å². The summed E-state index contributed by atoms with van der Waals surface area (Å²) in [7, 11) is 1.16. The normalized spacial score (nSPS) is 10.5. The van der Waals surface area contributed by atoms with Crippen molar-refractivity contribution in [3.8, 4) is 5.75 Å². The highest BCUT2D eigenvalue weighted by molar-refractivity contribution is 14.1. The highest BCUT2D eigenvalue weighted by Crippen LogP contribution is 2.38. The van der Waals surface area contributed by atoms with Crippen LogP contribution in [0.3, 0.4) is 0 Å². The van der Waals surface area contributed by atoms with Crippen LogP contribution in [0.5, 0.6) is 5.75 Å². The van der Waals surface area contributed by atoms with E-state index in [1.807, 2.05) is 0 Å². The van der Waals surface area contributed by atoms with E-state index in [0.717, 1.165) is 13.3 Å². The Balaban J connectivity index is 3.51. The van der Waals surface area contributed by atoms with Gasteiger partial charge in [0, 0.05) is 0 Å². The molecule has 0 aliphatic heterocycles. The molecule has 0 atom stereocenters. The van der Waals surface area contributed by atoms with E-state index in [4.69, 9.17) is 0 Å².